The molecule has 1 aliphatic carbocycles. The molecule has 1 saturated carbocycles. The van der Waals surface area contributed by atoms with Gasteiger partial charge in [-0.3, -0.25) is 4.79 Å². The average molecular weight is 228 g/mol. The molecule has 0 aliphatic heterocycles. The summed E-state index contributed by atoms with van der Waals surface area (Å²) in [7, 11) is 1.71. The minimum Gasteiger partial charge on any atom is -0.480 e. The highest BCUT2D eigenvalue weighted by molar-refractivity contribution is 5.79. The molecule has 16 heavy (non-hydrogen) atoms. The molecule has 0 radical (unpaired) electrons. The maximum absolute atomic E-state index is 11.5. The number of carboxylic acid groups (broad SMARTS) is 1. The number of carboxylic acids is 1. The smallest absolute Gasteiger partial charge is 0.323 e. The molecule has 2 N–H and O–H groups in total. The number of urea groups is 1. The molecule has 0 saturated heterocycles. The summed E-state index contributed by atoms with van der Waals surface area (Å²) in [5.74, 6) is -0.436. The largest absolute Gasteiger partial charge is 0.480 e. The summed E-state index contributed by atoms with van der Waals surface area (Å²) >= 11 is 0. The van der Waals surface area contributed by atoms with Crippen molar-refractivity contribution in [3.63, 3.8) is 0 Å². The molecule has 5 heteroatoms. The Kier molecular flexibility index (Phi) is 5.08. The molecule has 0 aromatic heterocycles. The zero-order valence-corrected chi connectivity index (χ0v) is 9.74. The SMILES string of the molecule is CN(CC1CCCCC1)C(=O)NCC(=O)O. The highest BCUT2D eigenvalue weighted by Gasteiger charge is 2.18. The van der Waals surface area contributed by atoms with E-state index >= 15 is 0 Å². The van der Waals surface area contributed by atoms with Crippen molar-refractivity contribution >= 4 is 12.0 Å². The number of nitrogens with one attached hydrogen (secondary N) is 1. The molecular formula is C11H20N2O3. The third-order valence-electron chi connectivity index (χ3n) is 2.99. The molecular weight excluding hydrogens is 208 g/mol. The molecule has 0 spiro atoms. The summed E-state index contributed by atoms with van der Waals surface area (Å²) in [5, 5.41) is 10.8. The van der Waals surface area contributed by atoms with Crippen LogP contribution in [0.25, 0.3) is 0 Å². The Morgan fingerprint density at radius 2 is 1.94 bits per heavy atom. The van der Waals surface area contributed by atoms with Crippen LogP contribution in [0.2, 0.25) is 0 Å². The van der Waals surface area contributed by atoms with Gasteiger partial charge in [-0.05, 0) is 18.8 Å². The first-order valence-corrected chi connectivity index (χ1v) is 5.80. The van der Waals surface area contributed by atoms with Crippen LogP contribution < -0.4 is 5.32 Å². The van der Waals surface area contributed by atoms with E-state index in [1.54, 1.807) is 11.9 Å². The number of nitrogens with zero attached hydrogens (tertiary/aromatic N) is 1. The monoisotopic (exact) mass is 228 g/mol. The molecule has 0 aromatic rings. The highest BCUT2D eigenvalue weighted by atomic mass is 16.4. The van der Waals surface area contributed by atoms with Gasteiger partial charge in [-0.15, -0.1) is 0 Å². The third-order valence-corrected chi connectivity index (χ3v) is 2.99. The summed E-state index contributed by atoms with van der Waals surface area (Å²) in [4.78, 5) is 23.3. The lowest BCUT2D eigenvalue weighted by Crippen LogP contribution is -2.42. The summed E-state index contributed by atoms with van der Waals surface area (Å²) in [6, 6.07) is -0.298. The fourth-order valence-electron chi connectivity index (χ4n) is 2.13. The van der Waals surface area contributed by atoms with Crippen molar-refractivity contribution in [1.82, 2.24) is 10.2 Å². The van der Waals surface area contributed by atoms with E-state index in [4.69, 9.17) is 5.11 Å². The van der Waals surface area contributed by atoms with Crippen molar-refractivity contribution in [2.75, 3.05) is 20.1 Å². The number of aliphatic carboxylic acids is 1. The molecule has 0 unspecified atom stereocenters. The van der Waals surface area contributed by atoms with E-state index < -0.39 is 5.97 Å². The van der Waals surface area contributed by atoms with Crippen LogP contribution in [0.5, 0.6) is 0 Å². The Morgan fingerprint density at radius 1 is 1.31 bits per heavy atom. The van der Waals surface area contributed by atoms with Crippen LogP contribution in [0.15, 0.2) is 0 Å². The van der Waals surface area contributed by atoms with Gasteiger partial charge in [0.15, 0.2) is 0 Å². The van der Waals surface area contributed by atoms with Gasteiger partial charge < -0.3 is 15.3 Å². The van der Waals surface area contributed by atoms with Crippen molar-refractivity contribution in [2.24, 2.45) is 5.92 Å². The Balaban J connectivity index is 2.24. The maximum atomic E-state index is 11.5. The van der Waals surface area contributed by atoms with E-state index in [-0.39, 0.29) is 12.6 Å². The van der Waals surface area contributed by atoms with Gasteiger partial charge in [-0.2, -0.15) is 0 Å². The average Bonchev–Trinajstić information content (AvgIpc) is 2.27. The first-order chi connectivity index (χ1) is 7.59. The summed E-state index contributed by atoms with van der Waals surface area (Å²) in [6.07, 6.45) is 6.14. The van der Waals surface area contributed by atoms with Gasteiger partial charge in [0, 0.05) is 13.6 Å². The number of rotatable bonds is 4. The van der Waals surface area contributed by atoms with Crippen LogP contribution in [-0.2, 0) is 4.79 Å². The summed E-state index contributed by atoms with van der Waals surface area (Å²) < 4.78 is 0. The van der Waals surface area contributed by atoms with Crippen LogP contribution >= 0.6 is 0 Å². The number of hydrogen-bond donors (Lipinski definition) is 2. The normalized spacial score (nSPS) is 16.8. The van der Waals surface area contributed by atoms with Crippen LogP contribution in [0.1, 0.15) is 32.1 Å². The van der Waals surface area contributed by atoms with Gasteiger partial charge in [-0.1, -0.05) is 19.3 Å². The third kappa shape index (κ3) is 4.51. The van der Waals surface area contributed by atoms with Crippen LogP contribution in [0.3, 0.4) is 0 Å². The Hall–Kier alpha value is -1.26. The van der Waals surface area contributed by atoms with Crippen LogP contribution in [0, 0.1) is 5.92 Å². The van der Waals surface area contributed by atoms with Crippen molar-refractivity contribution in [3.8, 4) is 0 Å². The van der Waals surface area contributed by atoms with E-state index in [1.807, 2.05) is 0 Å². The summed E-state index contributed by atoms with van der Waals surface area (Å²) in [5.41, 5.74) is 0. The molecule has 0 heterocycles. The van der Waals surface area contributed by atoms with E-state index in [1.165, 1.54) is 32.1 Å². The van der Waals surface area contributed by atoms with E-state index in [0.29, 0.717) is 5.92 Å². The molecule has 0 atom stereocenters. The van der Waals surface area contributed by atoms with Gasteiger partial charge in [-0.25, -0.2) is 4.79 Å². The maximum Gasteiger partial charge on any atom is 0.323 e. The topological polar surface area (TPSA) is 69.6 Å². The fraction of sp³-hybridized carbons (Fsp3) is 0.818. The zero-order valence-electron chi connectivity index (χ0n) is 9.74. The van der Waals surface area contributed by atoms with Gasteiger partial charge in [0.1, 0.15) is 6.54 Å². The van der Waals surface area contributed by atoms with Crippen LogP contribution in [0.4, 0.5) is 4.79 Å². The molecule has 92 valence electrons. The molecule has 2 amide bonds. The highest BCUT2D eigenvalue weighted by Crippen LogP contribution is 2.23. The molecule has 1 fully saturated rings. The molecule has 1 aliphatic rings. The minimum atomic E-state index is -1.01. The predicted molar refractivity (Wildman–Crippen MR) is 60.2 cm³/mol. The van der Waals surface area contributed by atoms with Crippen molar-refractivity contribution < 1.29 is 14.7 Å². The van der Waals surface area contributed by atoms with E-state index in [0.717, 1.165) is 6.54 Å². The minimum absolute atomic E-state index is 0.298. The quantitative estimate of drug-likeness (QED) is 0.761. The number of amides is 2. The van der Waals surface area contributed by atoms with Gasteiger partial charge in [0.05, 0.1) is 0 Å². The number of carbonyl (C=O) groups excluding carboxylic acids is 1. The van der Waals surface area contributed by atoms with E-state index in [2.05, 4.69) is 5.32 Å². The van der Waals surface area contributed by atoms with Gasteiger partial charge in [0.25, 0.3) is 0 Å². The van der Waals surface area contributed by atoms with Gasteiger partial charge >= 0.3 is 12.0 Å². The molecule has 1 rings (SSSR count). The van der Waals surface area contributed by atoms with Crippen molar-refractivity contribution in [2.45, 2.75) is 32.1 Å². The molecule has 0 bridgehead atoms. The lowest BCUT2D eigenvalue weighted by Gasteiger charge is -2.26. The second-order valence-electron chi connectivity index (χ2n) is 4.44. The first kappa shape index (κ1) is 12.8. The Labute approximate surface area is 95.8 Å². The zero-order chi connectivity index (χ0) is 12.0. The lowest BCUT2D eigenvalue weighted by molar-refractivity contribution is -0.135. The van der Waals surface area contributed by atoms with Crippen LogP contribution in [-0.4, -0.2) is 42.1 Å². The molecule has 5 nitrogen and oxygen atoms in total. The predicted octanol–water partition coefficient (Wildman–Crippen LogP) is 1.29. The standard InChI is InChI=1S/C11H20N2O3/c1-13(11(16)12-7-10(14)15)8-9-5-3-2-4-6-9/h9H,2-8H2,1H3,(H,12,16)(H,14,15). The second-order valence-corrected chi connectivity index (χ2v) is 4.44. The number of hydrogen-bond acceptors (Lipinski definition) is 2. The summed E-state index contributed by atoms with van der Waals surface area (Å²) in [6.45, 7) is 0.416. The van der Waals surface area contributed by atoms with E-state index in [9.17, 15) is 9.59 Å². The number of carbonyl (C=O) groups is 2. The van der Waals surface area contributed by atoms with Gasteiger partial charge in [0.2, 0.25) is 0 Å². The Morgan fingerprint density at radius 3 is 2.50 bits per heavy atom. The fourth-order valence-corrected chi connectivity index (χ4v) is 2.13. The Bertz CT molecular complexity index is 250. The molecule has 0 aromatic carbocycles. The second kappa shape index (κ2) is 6.35. The van der Waals surface area contributed by atoms with Crippen molar-refractivity contribution in [3.05, 3.63) is 0 Å². The first-order valence-electron chi connectivity index (χ1n) is 5.80. The lowest BCUT2D eigenvalue weighted by atomic mass is 9.89. The van der Waals surface area contributed by atoms with Crippen molar-refractivity contribution in [1.29, 1.82) is 0 Å².